The van der Waals surface area contributed by atoms with E-state index >= 15 is 0 Å². The van der Waals surface area contributed by atoms with Gasteiger partial charge in [-0.15, -0.1) is 11.3 Å². The van der Waals surface area contributed by atoms with Crippen molar-refractivity contribution in [1.29, 1.82) is 0 Å². The number of benzene rings is 10. The molecule has 0 atom stereocenters. The van der Waals surface area contributed by atoms with E-state index < -0.39 is 14.1 Å². The SMILES string of the molecule is [2H]c1c([2H])c([2H])c(-c2cc([Si](c3ccccc3)(c3ccccc3)c3ccccc3)cc(-c3ccccc3)c2-n2c3ccccc3c3cc(-c4ccc5sc6ccccc6c5c4)ccc32)c([2H])c1[2H]. The number of fused-ring (bicyclic) bond motifs is 6. The maximum Gasteiger partial charge on any atom is 0.179 e. The topological polar surface area (TPSA) is 4.93 Å². The third-order valence-electron chi connectivity index (χ3n) is 12.6. The monoisotopic (exact) mass is 840 g/mol. The predicted octanol–water partition coefficient (Wildman–Crippen LogP) is 13.5. The Morgan fingerprint density at radius 2 is 0.841 bits per heavy atom. The summed E-state index contributed by atoms with van der Waals surface area (Å²) in [5, 5.41) is 9.08. The molecule has 0 saturated carbocycles. The normalized spacial score (nSPS) is 12.9. The molecule has 0 N–H and O–H groups in total. The van der Waals surface area contributed by atoms with Gasteiger partial charge < -0.3 is 4.57 Å². The summed E-state index contributed by atoms with van der Waals surface area (Å²) in [6.45, 7) is 0. The molecule has 0 amide bonds. The zero-order valence-corrected chi connectivity index (χ0v) is 36.0. The van der Waals surface area contributed by atoms with Gasteiger partial charge >= 0.3 is 0 Å². The van der Waals surface area contributed by atoms with Gasteiger partial charge in [0, 0.05) is 42.1 Å². The smallest absolute Gasteiger partial charge is 0.179 e. The summed E-state index contributed by atoms with van der Waals surface area (Å²) in [6.07, 6.45) is 0. The van der Waals surface area contributed by atoms with Crippen LogP contribution in [0.3, 0.4) is 0 Å². The lowest BCUT2D eigenvalue weighted by Crippen LogP contribution is -2.74. The maximum atomic E-state index is 9.66. The van der Waals surface area contributed by atoms with Gasteiger partial charge in [0.05, 0.1) is 23.6 Å². The summed E-state index contributed by atoms with van der Waals surface area (Å²) in [7, 11) is -3.26. The number of rotatable bonds is 8. The molecule has 0 aliphatic carbocycles. The van der Waals surface area contributed by atoms with Gasteiger partial charge in [-0.25, -0.2) is 0 Å². The summed E-state index contributed by atoms with van der Waals surface area (Å²) < 4.78 is 51.0. The Hall–Kier alpha value is -7.56. The third-order valence-corrected chi connectivity index (χ3v) is 18.5. The highest BCUT2D eigenvalue weighted by Gasteiger charge is 2.42. The summed E-state index contributed by atoms with van der Waals surface area (Å²) >= 11 is 1.81. The van der Waals surface area contributed by atoms with Crippen molar-refractivity contribution in [1.82, 2.24) is 4.57 Å². The quantitative estimate of drug-likeness (QED) is 0.106. The molecule has 1 nitrogen and oxygen atoms in total. The van der Waals surface area contributed by atoms with Crippen molar-refractivity contribution >= 4 is 82.1 Å². The van der Waals surface area contributed by atoms with E-state index in [1.807, 2.05) is 53.8 Å². The van der Waals surface area contributed by atoms with E-state index in [2.05, 4.69) is 180 Å². The first-order valence-electron chi connectivity index (χ1n) is 23.8. The molecule has 0 radical (unpaired) electrons. The van der Waals surface area contributed by atoms with E-state index in [4.69, 9.17) is 4.11 Å². The number of hydrogen-bond acceptors (Lipinski definition) is 1. The van der Waals surface area contributed by atoms with Crippen LogP contribution in [0.2, 0.25) is 0 Å². The van der Waals surface area contributed by atoms with Gasteiger partial charge in [-0.3, -0.25) is 0 Å². The van der Waals surface area contributed by atoms with Gasteiger partial charge in [0.15, 0.2) is 8.07 Å². The standard InChI is InChI=1S/C60H41NSSi/c1-6-20-42(21-7-1)52-40-49(63(46-24-10-3-11-25-46,47-26-12-4-13-27-47)48-28-14-5-15-29-48)41-53(43-22-8-2-9-23-43)60(52)61-56-32-18-16-30-50(56)54-38-44(34-36-57(54)61)45-35-37-59-55(39-45)51-31-17-19-33-58(51)62-59/h1-41H/i1D,6D,7D,20D,21D. The van der Waals surface area contributed by atoms with Crippen LogP contribution in [0.5, 0.6) is 0 Å². The molecule has 296 valence electrons. The minimum absolute atomic E-state index is 0.154. The minimum Gasteiger partial charge on any atom is -0.308 e. The second-order valence-electron chi connectivity index (χ2n) is 16.0. The van der Waals surface area contributed by atoms with Crippen LogP contribution >= 0.6 is 11.3 Å². The molecule has 2 heterocycles. The number of aromatic nitrogens is 1. The zero-order chi connectivity index (χ0) is 46.1. The van der Waals surface area contributed by atoms with E-state index in [0.717, 1.165) is 70.5 Å². The van der Waals surface area contributed by atoms with E-state index in [9.17, 15) is 2.74 Å². The maximum absolute atomic E-state index is 9.66. The molecule has 0 unspecified atom stereocenters. The molecule has 2 aromatic heterocycles. The minimum atomic E-state index is -3.26. The molecule has 0 aliphatic heterocycles. The molecule has 0 saturated heterocycles. The molecule has 10 aromatic carbocycles. The van der Waals surface area contributed by atoms with E-state index in [1.165, 1.54) is 20.2 Å². The first kappa shape index (κ1) is 32.2. The van der Waals surface area contributed by atoms with Gasteiger partial charge in [-0.05, 0) is 79.4 Å². The molecule has 0 spiro atoms. The molecule has 0 fully saturated rings. The fraction of sp³-hybridized carbons (Fsp3) is 0. The van der Waals surface area contributed by atoms with Crippen LogP contribution in [0.25, 0.3) is 81.0 Å². The van der Waals surface area contributed by atoms with Crippen LogP contribution in [-0.2, 0) is 0 Å². The van der Waals surface area contributed by atoms with Gasteiger partial charge in [0.2, 0.25) is 0 Å². The molecule has 63 heavy (non-hydrogen) atoms. The van der Waals surface area contributed by atoms with Gasteiger partial charge in [0.1, 0.15) is 0 Å². The average Bonchev–Trinajstić information content (AvgIpc) is 3.94. The summed E-state index contributed by atoms with van der Waals surface area (Å²) in [6, 6.07) is 75.5. The first-order chi connectivity index (χ1) is 33.3. The molecule has 12 aromatic rings. The van der Waals surface area contributed by atoms with Crippen molar-refractivity contribution in [3.63, 3.8) is 0 Å². The van der Waals surface area contributed by atoms with E-state index in [-0.39, 0.29) is 29.7 Å². The van der Waals surface area contributed by atoms with Crippen LogP contribution in [-0.4, -0.2) is 12.6 Å². The largest absolute Gasteiger partial charge is 0.308 e. The van der Waals surface area contributed by atoms with E-state index in [0.29, 0.717) is 5.56 Å². The fourth-order valence-corrected chi connectivity index (χ4v) is 15.8. The Labute approximate surface area is 379 Å². The summed E-state index contributed by atoms with van der Waals surface area (Å²) in [4.78, 5) is 0. The lowest BCUT2D eigenvalue weighted by atomic mass is 9.95. The van der Waals surface area contributed by atoms with Gasteiger partial charge in [0.25, 0.3) is 0 Å². The van der Waals surface area contributed by atoms with Crippen molar-refractivity contribution in [2.24, 2.45) is 0 Å². The highest BCUT2D eigenvalue weighted by atomic mass is 32.1. The predicted molar refractivity (Wildman–Crippen MR) is 274 cm³/mol. The van der Waals surface area contributed by atoms with Crippen LogP contribution in [0.4, 0.5) is 0 Å². The summed E-state index contributed by atoms with van der Waals surface area (Å²) in [5.41, 5.74) is 7.36. The fourth-order valence-electron chi connectivity index (χ4n) is 9.87. The van der Waals surface area contributed by atoms with Crippen LogP contribution < -0.4 is 20.7 Å². The van der Waals surface area contributed by atoms with Crippen LogP contribution in [0.15, 0.2) is 249 Å². The van der Waals surface area contributed by atoms with Crippen molar-refractivity contribution in [3.8, 4) is 39.1 Å². The van der Waals surface area contributed by atoms with E-state index in [1.54, 1.807) is 0 Å². The van der Waals surface area contributed by atoms with Crippen molar-refractivity contribution in [3.05, 3.63) is 249 Å². The van der Waals surface area contributed by atoms with Gasteiger partial charge in [-0.1, -0.05) is 212 Å². The van der Waals surface area contributed by atoms with Crippen LogP contribution in [0.1, 0.15) is 6.85 Å². The Balaban J connectivity index is 1.24. The number of para-hydroxylation sites is 1. The molecule has 3 heteroatoms. The van der Waals surface area contributed by atoms with Crippen molar-refractivity contribution in [2.75, 3.05) is 0 Å². The second-order valence-corrected chi connectivity index (χ2v) is 20.9. The first-order valence-corrected chi connectivity index (χ1v) is 24.1. The molecular formula is C60H41NSSi. The third kappa shape index (κ3) is 6.12. The van der Waals surface area contributed by atoms with Crippen molar-refractivity contribution in [2.45, 2.75) is 0 Å². The number of hydrogen-bond donors (Lipinski definition) is 0. The highest BCUT2D eigenvalue weighted by Crippen LogP contribution is 2.43. The molecule has 0 bridgehead atoms. The number of thiophene rings is 1. The average molecular weight is 841 g/mol. The lowest BCUT2D eigenvalue weighted by Gasteiger charge is -2.36. The Kier molecular flexibility index (Phi) is 7.87. The van der Waals surface area contributed by atoms with Gasteiger partial charge in [-0.2, -0.15) is 0 Å². The Morgan fingerprint density at radius 3 is 1.49 bits per heavy atom. The highest BCUT2D eigenvalue weighted by molar-refractivity contribution is 7.25. The second kappa shape index (κ2) is 15.4. The van der Waals surface area contributed by atoms with Crippen LogP contribution in [0, 0.1) is 0 Å². The van der Waals surface area contributed by atoms with Crippen molar-refractivity contribution < 1.29 is 6.85 Å². The number of nitrogens with zero attached hydrogens (tertiary/aromatic N) is 1. The molecule has 0 aliphatic rings. The lowest BCUT2D eigenvalue weighted by molar-refractivity contribution is 1.18. The molecular weight excluding hydrogens is 795 g/mol. The molecule has 12 rings (SSSR count). The summed E-state index contributed by atoms with van der Waals surface area (Å²) in [5.74, 6) is 0. The zero-order valence-electron chi connectivity index (χ0n) is 39.1. The Bertz CT molecular complexity index is 3780. The Morgan fingerprint density at radius 1 is 0.349 bits per heavy atom.